The molecule has 2 aliphatic rings. The summed E-state index contributed by atoms with van der Waals surface area (Å²) in [6.45, 7) is 2.58. The normalized spacial score (nSPS) is 30.7. The molecule has 0 aliphatic carbocycles. The molecular formula is C11H20N2O2. The number of ether oxygens (including phenoxy) is 1. The zero-order chi connectivity index (χ0) is 10.7. The van der Waals surface area contributed by atoms with E-state index in [1.807, 2.05) is 11.9 Å². The third-order valence-corrected chi connectivity index (χ3v) is 3.24. The van der Waals surface area contributed by atoms with Gasteiger partial charge in [-0.25, -0.2) is 0 Å². The minimum atomic E-state index is 0.0522. The van der Waals surface area contributed by atoms with Crippen molar-refractivity contribution in [2.24, 2.45) is 0 Å². The van der Waals surface area contributed by atoms with Crippen molar-refractivity contribution in [1.29, 1.82) is 0 Å². The number of carbonyl (C=O) groups is 1. The van der Waals surface area contributed by atoms with Crippen molar-refractivity contribution in [3.8, 4) is 0 Å². The molecule has 0 spiro atoms. The van der Waals surface area contributed by atoms with Crippen LogP contribution in [0.1, 0.15) is 25.7 Å². The van der Waals surface area contributed by atoms with Crippen molar-refractivity contribution in [2.45, 2.75) is 37.8 Å². The second-order valence-corrected chi connectivity index (χ2v) is 4.50. The molecule has 15 heavy (non-hydrogen) atoms. The average Bonchev–Trinajstić information content (AvgIpc) is 2.88. The van der Waals surface area contributed by atoms with Gasteiger partial charge in [0.1, 0.15) is 0 Å². The molecule has 4 nitrogen and oxygen atoms in total. The molecule has 0 bridgehead atoms. The van der Waals surface area contributed by atoms with Gasteiger partial charge in [0.25, 0.3) is 0 Å². The second-order valence-electron chi connectivity index (χ2n) is 4.50. The lowest BCUT2D eigenvalue weighted by Gasteiger charge is -2.23. The van der Waals surface area contributed by atoms with Crippen molar-refractivity contribution in [3.63, 3.8) is 0 Å². The summed E-state index contributed by atoms with van der Waals surface area (Å²) in [4.78, 5) is 13.8. The molecule has 0 aromatic rings. The van der Waals surface area contributed by atoms with Crippen molar-refractivity contribution < 1.29 is 9.53 Å². The van der Waals surface area contributed by atoms with Crippen molar-refractivity contribution in [1.82, 2.24) is 10.2 Å². The van der Waals surface area contributed by atoms with Crippen LogP contribution in [0, 0.1) is 0 Å². The topological polar surface area (TPSA) is 41.6 Å². The number of likely N-dealkylation sites (N-methyl/N-ethyl adjacent to an activating group) is 1. The standard InChI is InChI=1S/C11H20N2O2/c1-13(8-9-4-3-7-15-9)11(14)10-5-2-6-12-10/h9-10,12H,2-8H2,1H3. The van der Waals surface area contributed by atoms with E-state index < -0.39 is 0 Å². The van der Waals surface area contributed by atoms with Gasteiger partial charge < -0.3 is 15.0 Å². The molecule has 86 valence electrons. The van der Waals surface area contributed by atoms with E-state index >= 15 is 0 Å². The SMILES string of the molecule is CN(CC1CCCO1)C(=O)C1CCCN1. The van der Waals surface area contributed by atoms with Crippen LogP contribution in [-0.4, -0.2) is 49.7 Å². The number of hydrogen-bond donors (Lipinski definition) is 1. The number of carbonyl (C=O) groups excluding carboxylic acids is 1. The number of hydrogen-bond acceptors (Lipinski definition) is 3. The van der Waals surface area contributed by atoms with Gasteiger partial charge in [-0.2, -0.15) is 0 Å². The fourth-order valence-electron chi connectivity index (χ4n) is 2.35. The Bertz CT molecular complexity index is 221. The van der Waals surface area contributed by atoms with E-state index in [0.29, 0.717) is 0 Å². The molecule has 1 N–H and O–H groups in total. The first-order valence-electron chi connectivity index (χ1n) is 5.87. The smallest absolute Gasteiger partial charge is 0.239 e. The lowest BCUT2D eigenvalue weighted by molar-refractivity contribution is -0.133. The minimum Gasteiger partial charge on any atom is -0.376 e. The molecule has 2 rings (SSSR count). The first kappa shape index (κ1) is 10.9. The molecule has 4 heteroatoms. The largest absolute Gasteiger partial charge is 0.376 e. The molecule has 2 unspecified atom stereocenters. The fourth-order valence-corrected chi connectivity index (χ4v) is 2.35. The summed E-state index contributed by atoms with van der Waals surface area (Å²) in [5.41, 5.74) is 0. The van der Waals surface area contributed by atoms with Crippen molar-refractivity contribution in [2.75, 3.05) is 26.7 Å². The third-order valence-electron chi connectivity index (χ3n) is 3.24. The quantitative estimate of drug-likeness (QED) is 0.735. The highest BCUT2D eigenvalue weighted by Crippen LogP contribution is 2.14. The van der Waals surface area contributed by atoms with Crippen LogP contribution in [0.4, 0.5) is 0 Å². The van der Waals surface area contributed by atoms with Gasteiger partial charge in [0.2, 0.25) is 5.91 Å². The molecule has 1 amide bonds. The molecule has 0 aromatic heterocycles. The van der Waals surface area contributed by atoms with Crippen molar-refractivity contribution >= 4 is 5.91 Å². The molecule has 0 saturated carbocycles. The first-order valence-corrected chi connectivity index (χ1v) is 5.87. The van der Waals surface area contributed by atoms with Crippen LogP contribution in [0.25, 0.3) is 0 Å². The average molecular weight is 212 g/mol. The molecule has 2 saturated heterocycles. The Kier molecular flexibility index (Phi) is 3.59. The first-order chi connectivity index (χ1) is 7.27. The minimum absolute atomic E-state index is 0.0522. The maximum Gasteiger partial charge on any atom is 0.239 e. The van der Waals surface area contributed by atoms with Gasteiger partial charge in [-0.3, -0.25) is 4.79 Å². The van der Waals surface area contributed by atoms with E-state index in [9.17, 15) is 4.79 Å². The van der Waals surface area contributed by atoms with E-state index in [2.05, 4.69) is 5.32 Å². The predicted molar refractivity (Wildman–Crippen MR) is 57.6 cm³/mol. The number of rotatable bonds is 3. The van der Waals surface area contributed by atoms with Crippen LogP contribution < -0.4 is 5.32 Å². The van der Waals surface area contributed by atoms with Gasteiger partial charge in [0, 0.05) is 20.2 Å². The monoisotopic (exact) mass is 212 g/mol. The fraction of sp³-hybridized carbons (Fsp3) is 0.909. The van der Waals surface area contributed by atoms with Gasteiger partial charge in [0.15, 0.2) is 0 Å². The van der Waals surface area contributed by atoms with Crippen LogP contribution in [0.3, 0.4) is 0 Å². The zero-order valence-corrected chi connectivity index (χ0v) is 9.37. The lowest BCUT2D eigenvalue weighted by atomic mass is 10.2. The second kappa shape index (κ2) is 4.94. The molecule has 2 atom stereocenters. The zero-order valence-electron chi connectivity index (χ0n) is 9.37. The summed E-state index contributed by atoms with van der Waals surface area (Å²) in [6, 6.07) is 0.0522. The summed E-state index contributed by atoms with van der Waals surface area (Å²) >= 11 is 0. The van der Waals surface area contributed by atoms with Gasteiger partial charge in [0.05, 0.1) is 12.1 Å². The Balaban J connectivity index is 1.78. The molecule has 2 heterocycles. The van der Waals surface area contributed by atoms with Crippen molar-refractivity contribution in [3.05, 3.63) is 0 Å². The summed E-state index contributed by atoms with van der Waals surface area (Å²) in [5.74, 6) is 0.225. The summed E-state index contributed by atoms with van der Waals surface area (Å²) in [6.07, 6.45) is 4.59. The number of amides is 1. The Morgan fingerprint density at radius 1 is 1.47 bits per heavy atom. The highest BCUT2D eigenvalue weighted by molar-refractivity contribution is 5.81. The number of nitrogens with one attached hydrogen (secondary N) is 1. The van der Waals surface area contributed by atoms with Crippen LogP contribution in [0.15, 0.2) is 0 Å². The van der Waals surface area contributed by atoms with E-state index in [1.165, 1.54) is 0 Å². The van der Waals surface area contributed by atoms with Gasteiger partial charge in [-0.1, -0.05) is 0 Å². The Morgan fingerprint density at radius 3 is 2.93 bits per heavy atom. The molecule has 0 radical (unpaired) electrons. The summed E-state index contributed by atoms with van der Waals surface area (Å²) < 4.78 is 5.52. The van der Waals surface area contributed by atoms with Gasteiger partial charge in [-0.05, 0) is 32.2 Å². The van der Waals surface area contributed by atoms with E-state index in [0.717, 1.165) is 45.4 Å². The Hall–Kier alpha value is -0.610. The third kappa shape index (κ3) is 2.69. The van der Waals surface area contributed by atoms with E-state index in [1.54, 1.807) is 0 Å². The summed E-state index contributed by atoms with van der Waals surface area (Å²) in [7, 11) is 1.88. The lowest BCUT2D eigenvalue weighted by Crippen LogP contribution is -2.44. The maximum atomic E-state index is 11.9. The van der Waals surface area contributed by atoms with Gasteiger partial charge >= 0.3 is 0 Å². The Labute approximate surface area is 91.0 Å². The van der Waals surface area contributed by atoms with Crippen LogP contribution in [0.5, 0.6) is 0 Å². The predicted octanol–water partition coefficient (Wildman–Crippen LogP) is 0.376. The van der Waals surface area contributed by atoms with Crippen LogP contribution in [0.2, 0.25) is 0 Å². The summed E-state index contributed by atoms with van der Waals surface area (Å²) in [5, 5.41) is 3.23. The molecular weight excluding hydrogens is 192 g/mol. The Morgan fingerprint density at radius 2 is 2.33 bits per heavy atom. The highest BCUT2D eigenvalue weighted by Gasteiger charge is 2.27. The number of nitrogens with zero attached hydrogens (tertiary/aromatic N) is 1. The van der Waals surface area contributed by atoms with E-state index in [4.69, 9.17) is 4.74 Å². The van der Waals surface area contributed by atoms with Crippen LogP contribution in [-0.2, 0) is 9.53 Å². The van der Waals surface area contributed by atoms with Crippen LogP contribution >= 0.6 is 0 Å². The molecule has 2 fully saturated rings. The van der Waals surface area contributed by atoms with E-state index in [-0.39, 0.29) is 18.1 Å². The highest BCUT2D eigenvalue weighted by atomic mass is 16.5. The molecule has 0 aromatic carbocycles. The molecule has 2 aliphatic heterocycles. The van der Waals surface area contributed by atoms with Gasteiger partial charge in [-0.15, -0.1) is 0 Å². The maximum absolute atomic E-state index is 11.9.